The van der Waals surface area contributed by atoms with Gasteiger partial charge in [-0.1, -0.05) is 35.3 Å². The third-order valence-electron chi connectivity index (χ3n) is 4.24. The zero-order valence-electron chi connectivity index (χ0n) is 16.0. The number of rotatable bonds is 6. The number of methoxy groups -OCH3 is 1. The van der Waals surface area contributed by atoms with Gasteiger partial charge in [0.15, 0.2) is 0 Å². The Labute approximate surface area is 186 Å². The molecule has 158 valence electrons. The summed E-state index contributed by atoms with van der Waals surface area (Å²) in [6.07, 6.45) is 0. The molecule has 31 heavy (non-hydrogen) atoms. The summed E-state index contributed by atoms with van der Waals surface area (Å²) in [6.45, 7) is 0. The summed E-state index contributed by atoms with van der Waals surface area (Å²) in [5.74, 6) is -0.633. The lowest BCUT2D eigenvalue weighted by atomic mass is 10.1. The third kappa shape index (κ3) is 5.11. The highest BCUT2D eigenvalue weighted by Gasteiger charge is 2.18. The highest BCUT2D eigenvalue weighted by Crippen LogP contribution is 2.28. The Morgan fingerprint density at radius 2 is 1.61 bits per heavy atom. The van der Waals surface area contributed by atoms with Crippen LogP contribution in [0.25, 0.3) is 0 Å². The molecule has 2 N–H and O–H groups in total. The molecule has 8 nitrogen and oxygen atoms in total. The average molecular weight is 460 g/mol. The molecule has 0 aliphatic heterocycles. The van der Waals surface area contributed by atoms with Crippen LogP contribution in [-0.2, 0) is 0 Å². The molecule has 0 heterocycles. The highest BCUT2D eigenvalue weighted by molar-refractivity contribution is 6.34. The van der Waals surface area contributed by atoms with Gasteiger partial charge in [0.05, 0.1) is 38.9 Å². The van der Waals surface area contributed by atoms with Gasteiger partial charge in [0.25, 0.3) is 17.5 Å². The van der Waals surface area contributed by atoms with Crippen molar-refractivity contribution in [3.8, 4) is 5.75 Å². The largest absolute Gasteiger partial charge is 0.495 e. The number of hydrogen-bond donors (Lipinski definition) is 2. The molecular weight excluding hydrogens is 445 g/mol. The molecule has 0 radical (unpaired) electrons. The molecule has 10 heteroatoms. The van der Waals surface area contributed by atoms with Gasteiger partial charge in [-0.15, -0.1) is 0 Å². The lowest BCUT2D eigenvalue weighted by Crippen LogP contribution is -2.18. The fourth-order valence-corrected chi connectivity index (χ4v) is 3.24. The number of hydrogen-bond acceptors (Lipinski definition) is 5. The van der Waals surface area contributed by atoms with Crippen LogP contribution >= 0.6 is 23.2 Å². The summed E-state index contributed by atoms with van der Waals surface area (Å²) >= 11 is 12.1. The van der Waals surface area contributed by atoms with E-state index in [9.17, 15) is 19.7 Å². The number of carbonyl (C=O) groups excluding carboxylic acids is 2. The summed E-state index contributed by atoms with van der Waals surface area (Å²) in [7, 11) is 1.48. The van der Waals surface area contributed by atoms with Gasteiger partial charge in [0.1, 0.15) is 5.75 Å². The third-order valence-corrected chi connectivity index (χ3v) is 4.85. The van der Waals surface area contributed by atoms with E-state index < -0.39 is 16.7 Å². The van der Waals surface area contributed by atoms with Crippen molar-refractivity contribution in [3.05, 3.63) is 92.0 Å². The Hall–Kier alpha value is -3.62. The molecule has 0 unspecified atom stereocenters. The average Bonchev–Trinajstić information content (AvgIpc) is 2.74. The van der Waals surface area contributed by atoms with E-state index in [-0.39, 0.29) is 27.5 Å². The Morgan fingerprint density at radius 1 is 0.903 bits per heavy atom. The molecule has 0 aliphatic rings. The van der Waals surface area contributed by atoms with Crippen molar-refractivity contribution < 1.29 is 19.2 Å². The number of anilines is 2. The van der Waals surface area contributed by atoms with Gasteiger partial charge in [0.2, 0.25) is 0 Å². The molecule has 0 saturated carbocycles. The molecular formula is C21H15Cl2N3O5. The molecule has 0 fully saturated rings. The molecule has 2 amide bonds. The van der Waals surface area contributed by atoms with Crippen LogP contribution in [0.1, 0.15) is 20.7 Å². The van der Waals surface area contributed by atoms with E-state index >= 15 is 0 Å². The number of amides is 2. The predicted octanol–water partition coefficient (Wildman–Crippen LogP) is 5.41. The first kappa shape index (κ1) is 22.1. The number of para-hydroxylation sites is 1. The van der Waals surface area contributed by atoms with E-state index in [0.29, 0.717) is 16.5 Å². The summed E-state index contributed by atoms with van der Waals surface area (Å²) in [5, 5.41) is 16.4. The van der Waals surface area contributed by atoms with Gasteiger partial charge in [-0.25, -0.2) is 0 Å². The van der Waals surface area contributed by atoms with Gasteiger partial charge in [-0.05, 0) is 36.4 Å². The van der Waals surface area contributed by atoms with Gasteiger partial charge in [-0.2, -0.15) is 0 Å². The van der Waals surface area contributed by atoms with Crippen molar-refractivity contribution in [2.45, 2.75) is 0 Å². The first-order valence-corrected chi connectivity index (χ1v) is 9.55. The van der Waals surface area contributed by atoms with Crippen molar-refractivity contribution in [2.75, 3.05) is 17.7 Å². The second kappa shape index (κ2) is 9.46. The molecule has 3 aromatic rings. The number of nitro groups is 1. The first-order chi connectivity index (χ1) is 14.8. The number of nitrogens with one attached hydrogen (secondary N) is 2. The number of halogens is 2. The van der Waals surface area contributed by atoms with Gasteiger partial charge in [-0.3, -0.25) is 19.7 Å². The monoisotopic (exact) mass is 459 g/mol. The van der Waals surface area contributed by atoms with E-state index in [1.54, 1.807) is 30.3 Å². The molecule has 0 atom stereocenters. The summed E-state index contributed by atoms with van der Waals surface area (Å²) in [5.41, 5.74) is 0.666. The highest BCUT2D eigenvalue weighted by atomic mass is 35.5. The second-order valence-electron chi connectivity index (χ2n) is 6.22. The van der Waals surface area contributed by atoms with E-state index in [2.05, 4.69) is 10.6 Å². The minimum atomic E-state index is -0.618. The van der Waals surface area contributed by atoms with E-state index in [0.717, 1.165) is 6.07 Å². The van der Waals surface area contributed by atoms with Gasteiger partial charge in [0, 0.05) is 17.8 Å². The molecule has 3 aromatic carbocycles. The van der Waals surface area contributed by atoms with Crippen LogP contribution in [0.3, 0.4) is 0 Å². The molecule has 0 spiro atoms. The topological polar surface area (TPSA) is 111 Å². The minimum Gasteiger partial charge on any atom is -0.495 e. The standard InChI is InChI=1S/C21H15Cl2N3O5/c1-31-19-9-6-12(10-17(19)23)24-21(28)15-4-2-3-5-18(15)25-20(27)14-8-7-13(26(29)30)11-16(14)22/h2-11H,1H3,(H,24,28)(H,25,27). The smallest absolute Gasteiger partial charge is 0.270 e. The lowest BCUT2D eigenvalue weighted by molar-refractivity contribution is -0.384. The summed E-state index contributed by atoms with van der Waals surface area (Å²) < 4.78 is 5.08. The van der Waals surface area contributed by atoms with Gasteiger partial charge < -0.3 is 15.4 Å². The van der Waals surface area contributed by atoms with Gasteiger partial charge >= 0.3 is 0 Å². The Balaban J connectivity index is 1.81. The molecule has 0 aliphatic carbocycles. The maximum absolute atomic E-state index is 12.8. The van der Waals surface area contributed by atoms with Crippen molar-refractivity contribution in [1.82, 2.24) is 0 Å². The van der Waals surface area contributed by atoms with Crippen molar-refractivity contribution in [2.24, 2.45) is 0 Å². The molecule has 0 aromatic heterocycles. The summed E-state index contributed by atoms with van der Waals surface area (Å²) in [4.78, 5) is 35.6. The summed E-state index contributed by atoms with van der Waals surface area (Å²) in [6, 6.07) is 14.7. The minimum absolute atomic E-state index is 0.0319. The SMILES string of the molecule is COc1ccc(NC(=O)c2ccccc2NC(=O)c2ccc([N+](=O)[O-])cc2Cl)cc1Cl. The number of nitro benzene ring substituents is 1. The number of nitrogens with zero attached hydrogens (tertiary/aromatic N) is 1. The normalized spacial score (nSPS) is 10.3. The quantitative estimate of drug-likeness (QED) is 0.377. The maximum atomic E-state index is 12.8. The maximum Gasteiger partial charge on any atom is 0.270 e. The van der Waals surface area contributed by atoms with Crippen LogP contribution in [-0.4, -0.2) is 23.8 Å². The Morgan fingerprint density at radius 3 is 2.26 bits per heavy atom. The van der Waals surface area contributed by atoms with Crippen molar-refractivity contribution in [3.63, 3.8) is 0 Å². The fourth-order valence-electron chi connectivity index (χ4n) is 2.72. The van der Waals surface area contributed by atoms with E-state index in [4.69, 9.17) is 27.9 Å². The Kier molecular flexibility index (Phi) is 6.74. The van der Waals surface area contributed by atoms with Crippen LogP contribution in [0, 0.1) is 10.1 Å². The zero-order chi connectivity index (χ0) is 22.5. The fraction of sp³-hybridized carbons (Fsp3) is 0.0476. The van der Waals surface area contributed by atoms with Crippen LogP contribution in [0.15, 0.2) is 60.7 Å². The van der Waals surface area contributed by atoms with Crippen LogP contribution in [0.5, 0.6) is 5.75 Å². The van der Waals surface area contributed by atoms with Crippen molar-refractivity contribution >= 4 is 52.1 Å². The molecule has 0 saturated heterocycles. The Bertz CT molecular complexity index is 1180. The number of carbonyl (C=O) groups is 2. The lowest BCUT2D eigenvalue weighted by Gasteiger charge is -2.13. The number of benzene rings is 3. The zero-order valence-corrected chi connectivity index (χ0v) is 17.5. The van der Waals surface area contributed by atoms with Crippen LogP contribution in [0.4, 0.5) is 17.1 Å². The molecule has 3 rings (SSSR count). The second-order valence-corrected chi connectivity index (χ2v) is 7.04. The van der Waals surface area contributed by atoms with Crippen LogP contribution < -0.4 is 15.4 Å². The first-order valence-electron chi connectivity index (χ1n) is 8.79. The number of non-ortho nitro benzene ring substituents is 1. The van der Waals surface area contributed by atoms with Crippen LogP contribution in [0.2, 0.25) is 10.0 Å². The predicted molar refractivity (Wildman–Crippen MR) is 118 cm³/mol. The van der Waals surface area contributed by atoms with E-state index in [1.807, 2.05) is 0 Å². The van der Waals surface area contributed by atoms with E-state index in [1.165, 1.54) is 31.4 Å². The van der Waals surface area contributed by atoms with Crippen molar-refractivity contribution in [1.29, 1.82) is 0 Å². The molecule has 0 bridgehead atoms. The number of ether oxygens (including phenoxy) is 1.